The van der Waals surface area contributed by atoms with Crippen molar-refractivity contribution in [2.45, 2.75) is 26.7 Å². The number of benzene rings is 3. The first-order chi connectivity index (χ1) is 14.9. The smallest absolute Gasteiger partial charge is 0.306 e. The van der Waals surface area contributed by atoms with Gasteiger partial charge in [-0.15, -0.1) is 0 Å². The number of anilines is 1. The van der Waals surface area contributed by atoms with Gasteiger partial charge in [-0.05, 0) is 37.1 Å². The quantitative estimate of drug-likeness (QED) is 0.410. The normalized spacial score (nSPS) is 10.4. The maximum absolute atomic E-state index is 12.4. The van der Waals surface area contributed by atoms with Crippen molar-refractivity contribution in [1.82, 2.24) is 0 Å². The van der Waals surface area contributed by atoms with Crippen LogP contribution in [0.1, 0.15) is 34.3 Å². The van der Waals surface area contributed by atoms with Crippen molar-refractivity contribution in [3.05, 3.63) is 89.5 Å². The highest BCUT2D eigenvalue weighted by Crippen LogP contribution is 2.27. The van der Waals surface area contributed by atoms with Gasteiger partial charge in [0.2, 0.25) is 0 Å². The molecule has 0 heterocycles. The summed E-state index contributed by atoms with van der Waals surface area (Å²) in [4.78, 5) is 36.7. The number of hydrogen-bond donors (Lipinski definition) is 1. The maximum atomic E-state index is 12.4. The summed E-state index contributed by atoms with van der Waals surface area (Å²) in [6, 6.07) is 22.8. The molecule has 1 amide bonds. The van der Waals surface area contributed by atoms with Gasteiger partial charge >= 0.3 is 5.97 Å². The van der Waals surface area contributed by atoms with Crippen LogP contribution in [0.3, 0.4) is 0 Å². The number of ether oxygens (including phenoxy) is 1. The van der Waals surface area contributed by atoms with Crippen molar-refractivity contribution < 1.29 is 19.1 Å². The van der Waals surface area contributed by atoms with Gasteiger partial charge in [0.15, 0.2) is 12.4 Å². The van der Waals surface area contributed by atoms with Gasteiger partial charge in [0.05, 0.1) is 6.42 Å². The van der Waals surface area contributed by atoms with E-state index in [2.05, 4.69) is 5.32 Å². The summed E-state index contributed by atoms with van der Waals surface area (Å²) >= 11 is 0. The molecule has 0 unspecified atom stereocenters. The Morgan fingerprint density at radius 3 is 2.32 bits per heavy atom. The molecule has 0 aromatic heterocycles. The second kappa shape index (κ2) is 10.3. The van der Waals surface area contributed by atoms with Gasteiger partial charge < -0.3 is 10.1 Å². The summed E-state index contributed by atoms with van der Waals surface area (Å²) in [5, 5.41) is 2.79. The Bertz CT molecular complexity index is 1090. The van der Waals surface area contributed by atoms with E-state index in [-0.39, 0.29) is 18.6 Å². The monoisotopic (exact) mass is 415 g/mol. The zero-order valence-electron chi connectivity index (χ0n) is 17.7. The summed E-state index contributed by atoms with van der Waals surface area (Å²) in [7, 11) is 0. The summed E-state index contributed by atoms with van der Waals surface area (Å²) in [5.74, 6) is -1.12. The molecule has 0 aliphatic heterocycles. The molecule has 0 aliphatic carbocycles. The first-order valence-electron chi connectivity index (χ1n) is 10.1. The number of rotatable bonds is 8. The number of esters is 1. The van der Waals surface area contributed by atoms with Crippen molar-refractivity contribution >= 4 is 23.3 Å². The van der Waals surface area contributed by atoms with Gasteiger partial charge in [-0.1, -0.05) is 66.2 Å². The van der Waals surface area contributed by atoms with E-state index < -0.39 is 18.5 Å². The predicted molar refractivity (Wildman–Crippen MR) is 121 cm³/mol. The molecular formula is C26H25NO4. The minimum Gasteiger partial charge on any atom is -0.456 e. The Hall–Kier alpha value is -3.73. The average molecular weight is 415 g/mol. The Labute approximate surface area is 182 Å². The van der Waals surface area contributed by atoms with Crippen LogP contribution >= 0.6 is 0 Å². The van der Waals surface area contributed by atoms with Gasteiger partial charge in [0.1, 0.15) is 0 Å². The van der Waals surface area contributed by atoms with E-state index in [4.69, 9.17) is 4.74 Å². The van der Waals surface area contributed by atoms with Crippen LogP contribution in [0.2, 0.25) is 0 Å². The largest absolute Gasteiger partial charge is 0.456 e. The van der Waals surface area contributed by atoms with E-state index in [9.17, 15) is 14.4 Å². The SMILES string of the molecule is Cc1ccc(C)c(C(=O)CCC(=O)OCC(=O)Nc2ccccc2-c2ccccc2)c1. The number of nitrogens with one attached hydrogen (secondary N) is 1. The molecule has 3 rings (SSSR count). The summed E-state index contributed by atoms with van der Waals surface area (Å²) < 4.78 is 5.06. The molecule has 1 N–H and O–H groups in total. The Morgan fingerprint density at radius 2 is 1.55 bits per heavy atom. The van der Waals surface area contributed by atoms with Gasteiger partial charge in [-0.3, -0.25) is 14.4 Å². The minimum atomic E-state index is -0.579. The molecule has 0 bridgehead atoms. The molecule has 0 radical (unpaired) electrons. The maximum Gasteiger partial charge on any atom is 0.306 e. The van der Waals surface area contributed by atoms with E-state index >= 15 is 0 Å². The molecule has 0 fully saturated rings. The van der Waals surface area contributed by atoms with Crippen molar-refractivity contribution in [2.75, 3.05) is 11.9 Å². The molecule has 3 aromatic rings. The van der Waals surface area contributed by atoms with Gasteiger partial charge in [0, 0.05) is 23.2 Å². The number of aryl methyl sites for hydroxylation is 2. The lowest BCUT2D eigenvalue weighted by atomic mass is 9.99. The number of para-hydroxylation sites is 1. The molecule has 0 saturated carbocycles. The van der Waals surface area contributed by atoms with E-state index in [0.29, 0.717) is 11.3 Å². The summed E-state index contributed by atoms with van der Waals surface area (Å²) in [5.41, 5.74) is 4.97. The van der Waals surface area contributed by atoms with Gasteiger partial charge in [0.25, 0.3) is 5.91 Å². The van der Waals surface area contributed by atoms with Crippen LogP contribution in [0.4, 0.5) is 5.69 Å². The number of amides is 1. The fraction of sp³-hybridized carbons (Fsp3) is 0.192. The number of carbonyl (C=O) groups excluding carboxylic acids is 3. The van der Waals surface area contributed by atoms with Crippen LogP contribution in [0.5, 0.6) is 0 Å². The molecule has 0 saturated heterocycles. The molecule has 0 atom stereocenters. The van der Waals surface area contributed by atoms with Crippen LogP contribution in [-0.2, 0) is 14.3 Å². The predicted octanol–water partition coefficient (Wildman–Crippen LogP) is 5.12. The molecule has 5 heteroatoms. The third kappa shape index (κ3) is 6.12. The highest BCUT2D eigenvalue weighted by atomic mass is 16.5. The molecule has 31 heavy (non-hydrogen) atoms. The molecule has 0 aliphatic rings. The zero-order valence-corrected chi connectivity index (χ0v) is 17.7. The topological polar surface area (TPSA) is 72.5 Å². The number of hydrogen-bond acceptors (Lipinski definition) is 4. The minimum absolute atomic E-state index is 0.0432. The van der Waals surface area contributed by atoms with Crippen molar-refractivity contribution in [2.24, 2.45) is 0 Å². The van der Waals surface area contributed by atoms with Crippen molar-refractivity contribution in [3.63, 3.8) is 0 Å². The van der Waals surface area contributed by atoms with Crippen LogP contribution in [0, 0.1) is 13.8 Å². The third-order valence-corrected chi connectivity index (χ3v) is 4.90. The van der Waals surface area contributed by atoms with Crippen molar-refractivity contribution in [3.8, 4) is 11.1 Å². The molecule has 5 nitrogen and oxygen atoms in total. The Kier molecular flexibility index (Phi) is 7.33. The highest BCUT2D eigenvalue weighted by molar-refractivity contribution is 5.99. The van der Waals surface area contributed by atoms with Gasteiger partial charge in [-0.25, -0.2) is 0 Å². The lowest BCUT2D eigenvalue weighted by molar-refractivity contribution is -0.147. The van der Waals surface area contributed by atoms with Crippen LogP contribution in [0.25, 0.3) is 11.1 Å². The summed E-state index contributed by atoms with van der Waals surface area (Å²) in [6.45, 7) is 3.38. The average Bonchev–Trinajstić information content (AvgIpc) is 2.78. The Morgan fingerprint density at radius 1 is 0.839 bits per heavy atom. The highest BCUT2D eigenvalue weighted by Gasteiger charge is 2.14. The first-order valence-corrected chi connectivity index (χ1v) is 10.1. The zero-order chi connectivity index (χ0) is 22.2. The van der Waals surface area contributed by atoms with Crippen LogP contribution in [0.15, 0.2) is 72.8 Å². The van der Waals surface area contributed by atoms with Gasteiger partial charge in [-0.2, -0.15) is 0 Å². The van der Waals surface area contributed by atoms with Crippen LogP contribution < -0.4 is 5.32 Å². The molecule has 3 aromatic carbocycles. The lowest BCUT2D eigenvalue weighted by Crippen LogP contribution is -2.21. The number of ketones is 1. The standard InChI is InChI=1S/C26H25NO4/c1-18-12-13-19(2)22(16-18)24(28)14-15-26(30)31-17-25(29)27-23-11-7-6-10-21(23)20-8-4-3-5-9-20/h3-13,16H,14-15,17H2,1-2H3,(H,27,29). The molecule has 158 valence electrons. The van der Waals surface area contributed by atoms with E-state index in [1.54, 1.807) is 6.07 Å². The first kappa shape index (κ1) is 22.0. The third-order valence-electron chi connectivity index (χ3n) is 4.90. The molecule has 0 spiro atoms. The van der Waals surface area contributed by atoms with E-state index in [0.717, 1.165) is 22.3 Å². The fourth-order valence-corrected chi connectivity index (χ4v) is 3.25. The molecular weight excluding hydrogens is 390 g/mol. The lowest BCUT2D eigenvalue weighted by Gasteiger charge is -2.11. The van der Waals surface area contributed by atoms with Crippen LogP contribution in [-0.4, -0.2) is 24.3 Å². The number of Topliss-reactive ketones (excluding diaryl/α,β-unsaturated/α-hetero) is 1. The second-order valence-electron chi connectivity index (χ2n) is 7.36. The summed E-state index contributed by atoms with van der Waals surface area (Å²) in [6.07, 6.45) is -0.0261. The van der Waals surface area contributed by atoms with E-state index in [1.165, 1.54) is 0 Å². The van der Waals surface area contributed by atoms with E-state index in [1.807, 2.05) is 80.6 Å². The van der Waals surface area contributed by atoms with Crippen molar-refractivity contribution in [1.29, 1.82) is 0 Å². The second-order valence-corrected chi connectivity index (χ2v) is 7.36. The Balaban J connectivity index is 1.51. The fourth-order valence-electron chi connectivity index (χ4n) is 3.25. The number of carbonyl (C=O) groups is 3.